The Bertz CT molecular complexity index is 1080. The van der Waals surface area contributed by atoms with E-state index in [9.17, 15) is 4.79 Å². The van der Waals surface area contributed by atoms with Crippen molar-refractivity contribution in [2.24, 2.45) is 0 Å². The van der Waals surface area contributed by atoms with Gasteiger partial charge in [-0.05, 0) is 61.6 Å². The Hall–Kier alpha value is -2.86. The first-order valence-electron chi connectivity index (χ1n) is 10.3. The van der Waals surface area contributed by atoms with Gasteiger partial charge in [0.05, 0.1) is 18.2 Å². The van der Waals surface area contributed by atoms with Crippen LogP contribution in [0.2, 0.25) is 0 Å². The van der Waals surface area contributed by atoms with Crippen molar-refractivity contribution in [3.8, 4) is 5.75 Å². The van der Waals surface area contributed by atoms with Crippen LogP contribution in [-0.2, 0) is 12.0 Å². The van der Waals surface area contributed by atoms with E-state index in [1.807, 2.05) is 24.0 Å². The molecule has 3 aromatic rings. The first-order chi connectivity index (χ1) is 14.1. The number of H-pyrrole nitrogens is 1. The lowest BCUT2D eigenvalue weighted by Crippen LogP contribution is -2.55. The predicted octanol–water partition coefficient (Wildman–Crippen LogP) is 3.16. The number of fused-ring (bicyclic) bond motifs is 4. The van der Waals surface area contributed by atoms with Crippen molar-refractivity contribution in [1.29, 1.82) is 0 Å². The van der Waals surface area contributed by atoms with Crippen LogP contribution in [-0.4, -0.2) is 47.5 Å². The van der Waals surface area contributed by atoms with Gasteiger partial charge in [-0.15, -0.1) is 0 Å². The number of piperidine rings is 1. The second kappa shape index (κ2) is 6.88. The number of ether oxygens (including phenoxy) is 1. The number of amides is 1. The molecule has 6 nitrogen and oxygen atoms in total. The Balaban J connectivity index is 1.43. The Morgan fingerprint density at radius 2 is 2.07 bits per heavy atom. The zero-order valence-electron chi connectivity index (χ0n) is 16.9. The molecule has 5 rings (SSSR count). The lowest BCUT2D eigenvalue weighted by atomic mass is 9.79. The van der Waals surface area contributed by atoms with Crippen molar-refractivity contribution in [1.82, 2.24) is 20.2 Å². The lowest BCUT2D eigenvalue weighted by molar-refractivity contribution is 0.0625. The standard InChI is InChI=1S/C23H26N4O2/c1-15-5-9-24-14-19(15)22(28)27-11-7-23(8-12-27)21-17(6-10-25-23)18-13-16(29-2)3-4-20(18)26-21/h3-5,9,13-14,25-26H,6-8,10-12H2,1-2H3. The lowest BCUT2D eigenvalue weighted by Gasteiger charge is -2.44. The van der Waals surface area contributed by atoms with E-state index in [2.05, 4.69) is 27.4 Å². The zero-order valence-corrected chi connectivity index (χ0v) is 16.9. The van der Waals surface area contributed by atoms with Crippen molar-refractivity contribution in [2.75, 3.05) is 26.7 Å². The zero-order chi connectivity index (χ0) is 20.0. The van der Waals surface area contributed by atoms with Crippen molar-refractivity contribution in [3.05, 3.63) is 59.0 Å². The highest BCUT2D eigenvalue weighted by molar-refractivity contribution is 5.95. The fourth-order valence-corrected chi connectivity index (χ4v) is 4.91. The normalized spacial score (nSPS) is 18.1. The minimum atomic E-state index is -0.0966. The van der Waals surface area contributed by atoms with E-state index in [-0.39, 0.29) is 11.4 Å². The van der Waals surface area contributed by atoms with E-state index >= 15 is 0 Å². The highest BCUT2D eigenvalue weighted by Crippen LogP contribution is 2.41. The maximum Gasteiger partial charge on any atom is 0.255 e. The van der Waals surface area contributed by atoms with Crippen LogP contribution in [0.4, 0.5) is 0 Å². The van der Waals surface area contributed by atoms with Gasteiger partial charge in [-0.1, -0.05) is 0 Å². The molecular formula is C23H26N4O2. The Morgan fingerprint density at radius 1 is 1.24 bits per heavy atom. The Labute approximate surface area is 170 Å². The number of aryl methyl sites for hydroxylation is 1. The monoisotopic (exact) mass is 390 g/mol. The van der Waals surface area contributed by atoms with Gasteiger partial charge >= 0.3 is 0 Å². The van der Waals surface area contributed by atoms with Crippen LogP contribution in [0.5, 0.6) is 5.75 Å². The molecule has 1 fully saturated rings. The summed E-state index contributed by atoms with van der Waals surface area (Å²) < 4.78 is 5.43. The molecule has 1 aromatic carbocycles. The minimum Gasteiger partial charge on any atom is -0.497 e. The molecular weight excluding hydrogens is 364 g/mol. The molecule has 6 heteroatoms. The van der Waals surface area contributed by atoms with Gasteiger partial charge in [0.2, 0.25) is 0 Å². The first kappa shape index (κ1) is 18.2. The second-order valence-corrected chi connectivity index (χ2v) is 8.13. The van der Waals surface area contributed by atoms with Gasteiger partial charge in [0.1, 0.15) is 5.75 Å². The van der Waals surface area contributed by atoms with E-state index in [0.29, 0.717) is 5.56 Å². The van der Waals surface area contributed by atoms with Crippen LogP contribution in [0.15, 0.2) is 36.7 Å². The van der Waals surface area contributed by atoms with Gasteiger partial charge in [-0.25, -0.2) is 0 Å². The average molecular weight is 390 g/mol. The van der Waals surface area contributed by atoms with Crippen molar-refractivity contribution in [3.63, 3.8) is 0 Å². The first-order valence-corrected chi connectivity index (χ1v) is 10.3. The van der Waals surface area contributed by atoms with Gasteiger partial charge in [0.25, 0.3) is 5.91 Å². The number of methoxy groups -OCH3 is 1. The summed E-state index contributed by atoms with van der Waals surface area (Å²) in [6.07, 6.45) is 6.21. The van der Waals surface area contributed by atoms with Gasteiger partial charge in [-0.3, -0.25) is 9.78 Å². The van der Waals surface area contributed by atoms with Crippen molar-refractivity contribution in [2.45, 2.75) is 31.7 Å². The summed E-state index contributed by atoms with van der Waals surface area (Å²) in [5.41, 5.74) is 5.42. The van der Waals surface area contributed by atoms with Crippen LogP contribution in [0.1, 0.15) is 40.0 Å². The number of aromatic amines is 1. The molecule has 2 N–H and O–H groups in total. The number of benzene rings is 1. The van der Waals surface area contributed by atoms with E-state index in [1.165, 1.54) is 16.6 Å². The van der Waals surface area contributed by atoms with Crippen LogP contribution in [0.3, 0.4) is 0 Å². The predicted molar refractivity (Wildman–Crippen MR) is 112 cm³/mol. The summed E-state index contributed by atoms with van der Waals surface area (Å²) in [7, 11) is 1.71. The maximum absolute atomic E-state index is 13.0. The molecule has 0 atom stereocenters. The molecule has 2 aromatic heterocycles. The average Bonchev–Trinajstić information content (AvgIpc) is 3.14. The summed E-state index contributed by atoms with van der Waals surface area (Å²) in [5.74, 6) is 0.974. The van der Waals surface area contributed by atoms with Crippen LogP contribution in [0, 0.1) is 6.92 Å². The molecule has 2 aliphatic heterocycles. The number of hydrogen-bond donors (Lipinski definition) is 2. The number of carbonyl (C=O) groups excluding carboxylic acids is 1. The highest BCUT2D eigenvalue weighted by atomic mass is 16.5. The third kappa shape index (κ3) is 2.90. The van der Waals surface area contributed by atoms with Crippen molar-refractivity contribution >= 4 is 16.8 Å². The topological polar surface area (TPSA) is 70.2 Å². The molecule has 1 saturated heterocycles. The van der Waals surface area contributed by atoms with Crippen LogP contribution >= 0.6 is 0 Å². The van der Waals surface area contributed by atoms with Gasteiger partial charge in [0.15, 0.2) is 0 Å². The smallest absolute Gasteiger partial charge is 0.255 e. The van der Waals surface area contributed by atoms with Gasteiger partial charge < -0.3 is 19.9 Å². The molecule has 1 spiro atoms. The van der Waals surface area contributed by atoms with E-state index < -0.39 is 0 Å². The second-order valence-electron chi connectivity index (χ2n) is 8.13. The summed E-state index contributed by atoms with van der Waals surface area (Å²) in [5, 5.41) is 5.03. The third-order valence-electron chi connectivity index (χ3n) is 6.60. The third-order valence-corrected chi connectivity index (χ3v) is 6.60. The summed E-state index contributed by atoms with van der Waals surface area (Å²) >= 11 is 0. The molecule has 0 saturated carbocycles. The van der Waals surface area contributed by atoms with E-state index in [0.717, 1.165) is 55.7 Å². The van der Waals surface area contributed by atoms with Crippen LogP contribution < -0.4 is 10.1 Å². The number of likely N-dealkylation sites (tertiary alicyclic amines) is 1. The molecule has 0 unspecified atom stereocenters. The molecule has 0 radical (unpaired) electrons. The number of rotatable bonds is 2. The SMILES string of the molecule is COc1ccc2[nH]c3c(c2c1)CCNC31CCN(C(=O)c2cnccc2C)CC1. The Morgan fingerprint density at radius 3 is 2.83 bits per heavy atom. The minimum absolute atomic E-state index is 0.0860. The van der Waals surface area contributed by atoms with E-state index in [1.54, 1.807) is 19.5 Å². The summed E-state index contributed by atoms with van der Waals surface area (Å²) in [6.45, 7) is 4.39. The number of carbonyl (C=O) groups is 1. The number of nitrogens with zero attached hydrogens (tertiary/aromatic N) is 2. The fourth-order valence-electron chi connectivity index (χ4n) is 4.91. The van der Waals surface area contributed by atoms with E-state index in [4.69, 9.17) is 4.74 Å². The number of nitrogens with one attached hydrogen (secondary N) is 2. The molecule has 4 heterocycles. The molecule has 150 valence electrons. The van der Waals surface area contributed by atoms with Crippen molar-refractivity contribution < 1.29 is 9.53 Å². The Kier molecular flexibility index (Phi) is 4.32. The molecule has 29 heavy (non-hydrogen) atoms. The molecule has 0 aliphatic carbocycles. The molecule has 2 aliphatic rings. The summed E-state index contributed by atoms with van der Waals surface area (Å²) in [4.78, 5) is 22.8. The number of hydrogen-bond acceptors (Lipinski definition) is 4. The number of aromatic nitrogens is 2. The fraction of sp³-hybridized carbons (Fsp3) is 0.391. The van der Waals surface area contributed by atoms with Gasteiger partial charge in [0, 0.05) is 48.6 Å². The number of pyridine rings is 1. The highest BCUT2D eigenvalue weighted by Gasteiger charge is 2.42. The quantitative estimate of drug-likeness (QED) is 0.705. The summed E-state index contributed by atoms with van der Waals surface area (Å²) in [6, 6.07) is 8.13. The maximum atomic E-state index is 13.0. The van der Waals surface area contributed by atoms with Gasteiger partial charge in [-0.2, -0.15) is 0 Å². The van der Waals surface area contributed by atoms with Crippen LogP contribution in [0.25, 0.3) is 10.9 Å². The molecule has 1 amide bonds. The largest absolute Gasteiger partial charge is 0.497 e. The molecule has 0 bridgehead atoms.